The predicted octanol–water partition coefficient (Wildman–Crippen LogP) is 1.99. The first-order valence-electron chi connectivity index (χ1n) is 7.80. The zero-order valence-electron chi connectivity index (χ0n) is 14.8. The van der Waals surface area contributed by atoms with Crippen LogP contribution in [0.5, 0.6) is 17.2 Å². The molecule has 26 heavy (non-hydrogen) atoms. The Balaban J connectivity index is 2.23. The summed E-state index contributed by atoms with van der Waals surface area (Å²) < 4.78 is 16.2. The lowest BCUT2D eigenvalue weighted by Gasteiger charge is -2.26. The number of fused-ring (bicyclic) bond motifs is 1. The fourth-order valence-corrected chi connectivity index (χ4v) is 3.49. The highest BCUT2D eigenvalue weighted by molar-refractivity contribution is 7.98. The molecule has 2 N–H and O–H groups in total. The van der Waals surface area contributed by atoms with Gasteiger partial charge in [0.05, 0.1) is 26.9 Å². The van der Waals surface area contributed by atoms with Gasteiger partial charge in [-0.05, 0) is 12.3 Å². The number of ether oxygens (including phenoxy) is 3. The van der Waals surface area contributed by atoms with Crippen LogP contribution in [0.3, 0.4) is 0 Å². The van der Waals surface area contributed by atoms with Gasteiger partial charge in [-0.3, -0.25) is 9.59 Å². The third-order valence-corrected chi connectivity index (χ3v) is 4.81. The lowest BCUT2D eigenvalue weighted by atomic mass is 9.86. The van der Waals surface area contributed by atoms with Crippen LogP contribution in [0, 0.1) is 0 Å². The topological polar surface area (TPSA) is 103 Å². The number of H-pyrrole nitrogens is 1. The normalized spacial score (nSPS) is 15.8. The summed E-state index contributed by atoms with van der Waals surface area (Å²) in [5.41, 5.74) is 0.763. The van der Waals surface area contributed by atoms with Gasteiger partial charge in [-0.1, -0.05) is 17.8 Å². The second-order valence-corrected chi connectivity index (χ2v) is 6.36. The molecule has 2 heterocycles. The van der Waals surface area contributed by atoms with E-state index in [0.29, 0.717) is 33.5 Å². The molecular weight excluding hydrogens is 358 g/mol. The van der Waals surface area contributed by atoms with Crippen molar-refractivity contribution in [3.05, 3.63) is 33.6 Å². The Morgan fingerprint density at radius 2 is 1.85 bits per heavy atom. The molecule has 0 radical (unpaired) electrons. The average Bonchev–Trinajstić information content (AvgIpc) is 2.65. The van der Waals surface area contributed by atoms with Gasteiger partial charge in [0.1, 0.15) is 5.82 Å². The van der Waals surface area contributed by atoms with Gasteiger partial charge in [0.15, 0.2) is 16.7 Å². The second-order valence-electron chi connectivity index (χ2n) is 5.57. The number of benzene rings is 1. The summed E-state index contributed by atoms with van der Waals surface area (Å²) in [7, 11) is 4.54. The molecule has 0 bridgehead atoms. The van der Waals surface area contributed by atoms with Crippen molar-refractivity contribution in [2.24, 2.45) is 0 Å². The Labute approximate surface area is 154 Å². The van der Waals surface area contributed by atoms with E-state index in [2.05, 4.69) is 15.3 Å². The highest BCUT2D eigenvalue weighted by atomic mass is 32.2. The van der Waals surface area contributed by atoms with E-state index in [1.165, 1.54) is 33.1 Å². The van der Waals surface area contributed by atoms with Gasteiger partial charge in [0.25, 0.3) is 5.56 Å². The zero-order valence-corrected chi connectivity index (χ0v) is 15.7. The third-order valence-electron chi connectivity index (χ3n) is 4.23. The molecule has 1 aromatic carbocycles. The number of nitrogens with zero attached hydrogens (tertiary/aromatic N) is 1. The van der Waals surface area contributed by atoms with Crippen molar-refractivity contribution in [3.8, 4) is 17.2 Å². The molecular formula is C17H19N3O5S. The van der Waals surface area contributed by atoms with Crippen molar-refractivity contribution >= 4 is 23.5 Å². The van der Waals surface area contributed by atoms with Crippen LogP contribution in [0.4, 0.5) is 5.82 Å². The Bertz CT molecular complexity index is 912. The second kappa shape index (κ2) is 7.28. The molecule has 0 unspecified atom stereocenters. The van der Waals surface area contributed by atoms with Gasteiger partial charge in [0.2, 0.25) is 11.7 Å². The minimum absolute atomic E-state index is 0.0994. The summed E-state index contributed by atoms with van der Waals surface area (Å²) in [6.45, 7) is 0. The van der Waals surface area contributed by atoms with Crippen molar-refractivity contribution in [1.82, 2.24) is 9.97 Å². The lowest BCUT2D eigenvalue weighted by molar-refractivity contribution is -0.116. The molecule has 0 saturated heterocycles. The molecule has 8 nitrogen and oxygen atoms in total. The number of hydrogen-bond acceptors (Lipinski definition) is 7. The molecule has 1 aromatic heterocycles. The van der Waals surface area contributed by atoms with Crippen molar-refractivity contribution < 1.29 is 19.0 Å². The Morgan fingerprint density at radius 3 is 2.46 bits per heavy atom. The van der Waals surface area contributed by atoms with Crippen LogP contribution in [0.25, 0.3) is 0 Å². The molecule has 3 rings (SSSR count). The van der Waals surface area contributed by atoms with Crippen molar-refractivity contribution in [3.63, 3.8) is 0 Å². The highest BCUT2D eigenvalue weighted by Gasteiger charge is 2.34. The summed E-state index contributed by atoms with van der Waals surface area (Å²) in [5.74, 6) is 0.871. The molecule has 0 spiro atoms. The summed E-state index contributed by atoms with van der Waals surface area (Å²) in [4.78, 5) is 32.0. The summed E-state index contributed by atoms with van der Waals surface area (Å²) in [6, 6.07) is 3.50. The van der Waals surface area contributed by atoms with Gasteiger partial charge in [-0.15, -0.1) is 0 Å². The van der Waals surface area contributed by atoms with Crippen LogP contribution in [-0.2, 0) is 4.79 Å². The molecule has 1 atom stereocenters. The fraction of sp³-hybridized carbons (Fsp3) is 0.353. The first-order chi connectivity index (χ1) is 12.5. The van der Waals surface area contributed by atoms with Crippen LogP contribution in [0.2, 0.25) is 0 Å². The van der Waals surface area contributed by atoms with Crippen molar-refractivity contribution in [1.29, 1.82) is 0 Å². The van der Waals surface area contributed by atoms with Gasteiger partial charge in [-0.25, -0.2) is 4.98 Å². The number of amides is 1. The van der Waals surface area contributed by atoms with E-state index in [1.807, 2.05) is 0 Å². The van der Waals surface area contributed by atoms with Crippen molar-refractivity contribution in [2.45, 2.75) is 17.5 Å². The van der Waals surface area contributed by atoms with E-state index in [1.54, 1.807) is 18.4 Å². The number of aromatic amines is 1. The van der Waals surface area contributed by atoms with Crippen LogP contribution in [-0.4, -0.2) is 43.5 Å². The standard InChI is InChI=1S/C17H19N3O5S/c1-23-10-6-5-8(13(24-2)14(10)25-3)9-7-11(21)18-15-12(9)16(22)20-17(19-15)26-4/h5-6,9H,7H2,1-4H3,(H2,18,19,20,21,22)/t9-/m1/s1. The third kappa shape index (κ3) is 2.98. The molecule has 0 saturated carbocycles. The minimum atomic E-state index is -0.513. The smallest absolute Gasteiger partial charge is 0.257 e. The van der Waals surface area contributed by atoms with E-state index in [4.69, 9.17) is 14.2 Å². The Hall–Kier alpha value is -2.68. The van der Waals surface area contributed by atoms with Gasteiger partial charge in [0, 0.05) is 17.9 Å². The quantitative estimate of drug-likeness (QED) is 0.607. The average molecular weight is 377 g/mol. The van der Waals surface area contributed by atoms with E-state index >= 15 is 0 Å². The SMILES string of the molecule is COc1ccc([C@H]2CC(=O)Nc3nc(SC)[nH]c(=O)c32)c(OC)c1OC. The fourth-order valence-electron chi connectivity index (χ4n) is 3.11. The molecule has 9 heteroatoms. The number of rotatable bonds is 5. The van der Waals surface area contributed by atoms with E-state index < -0.39 is 5.92 Å². The maximum absolute atomic E-state index is 12.7. The minimum Gasteiger partial charge on any atom is -0.493 e. The van der Waals surface area contributed by atoms with Gasteiger partial charge >= 0.3 is 0 Å². The molecule has 0 aliphatic carbocycles. The largest absolute Gasteiger partial charge is 0.493 e. The predicted molar refractivity (Wildman–Crippen MR) is 97.8 cm³/mol. The Morgan fingerprint density at radius 1 is 1.12 bits per heavy atom. The molecule has 1 aliphatic heterocycles. The van der Waals surface area contributed by atoms with E-state index in [0.717, 1.165) is 0 Å². The number of anilines is 1. The van der Waals surface area contributed by atoms with Gasteiger partial charge < -0.3 is 24.5 Å². The van der Waals surface area contributed by atoms with Crippen LogP contribution in [0.15, 0.2) is 22.1 Å². The number of carbonyl (C=O) groups excluding carboxylic acids is 1. The van der Waals surface area contributed by atoms with Gasteiger partial charge in [-0.2, -0.15) is 0 Å². The first kappa shape index (κ1) is 18.1. The first-order valence-corrected chi connectivity index (χ1v) is 9.03. The Kier molecular flexibility index (Phi) is 5.08. The van der Waals surface area contributed by atoms with Crippen LogP contribution in [0.1, 0.15) is 23.5 Å². The number of carbonyl (C=O) groups is 1. The number of thioether (sulfide) groups is 1. The number of methoxy groups -OCH3 is 3. The summed E-state index contributed by atoms with van der Waals surface area (Å²) >= 11 is 1.29. The number of nitrogens with one attached hydrogen (secondary N) is 2. The molecule has 2 aromatic rings. The van der Waals surface area contributed by atoms with E-state index in [-0.39, 0.29) is 23.7 Å². The zero-order chi connectivity index (χ0) is 18.8. The van der Waals surface area contributed by atoms with E-state index in [9.17, 15) is 9.59 Å². The molecule has 0 fully saturated rings. The van der Waals surface area contributed by atoms with Crippen molar-refractivity contribution in [2.75, 3.05) is 32.9 Å². The summed E-state index contributed by atoms with van der Waals surface area (Å²) in [5, 5.41) is 3.12. The maximum atomic E-state index is 12.7. The highest BCUT2D eigenvalue weighted by Crippen LogP contribution is 2.46. The summed E-state index contributed by atoms with van der Waals surface area (Å²) in [6.07, 6.45) is 1.90. The molecule has 138 valence electrons. The number of aromatic nitrogens is 2. The maximum Gasteiger partial charge on any atom is 0.257 e. The molecule has 1 amide bonds. The van der Waals surface area contributed by atoms with Crippen LogP contribution >= 0.6 is 11.8 Å². The lowest BCUT2D eigenvalue weighted by Crippen LogP contribution is -2.31. The van der Waals surface area contributed by atoms with Crippen LogP contribution < -0.4 is 25.1 Å². The monoisotopic (exact) mass is 377 g/mol. The molecule has 1 aliphatic rings. The number of hydrogen-bond donors (Lipinski definition) is 2.